The molecule has 0 aromatic heterocycles. The molecule has 4 heteroatoms. The fourth-order valence-electron chi connectivity index (χ4n) is 1.51. The van der Waals surface area contributed by atoms with E-state index in [1.807, 2.05) is 60.7 Å². The maximum atomic E-state index is 5.11. The number of hydrogen-bond acceptors (Lipinski definition) is 4. The molecule has 2 rings (SSSR count). The fourth-order valence-corrected chi connectivity index (χ4v) is 1.51. The first-order valence-electron chi connectivity index (χ1n) is 6.32. The lowest BCUT2D eigenvalue weighted by atomic mass is 10.2. The van der Waals surface area contributed by atoms with Gasteiger partial charge in [-0.15, -0.1) is 0 Å². The van der Waals surface area contributed by atoms with Crippen molar-refractivity contribution in [3.63, 3.8) is 0 Å². The summed E-state index contributed by atoms with van der Waals surface area (Å²) in [6.45, 7) is 0.881. The van der Waals surface area contributed by atoms with Gasteiger partial charge in [0.05, 0.1) is 12.4 Å². The van der Waals surface area contributed by atoms with Crippen LogP contribution in [-0.2, 0) is 22.9 Å². The first-order chi connectivity index (χ1) is 9.95. The molecule has 20 heavy (non-hydrogen) atoms. The molecular weight excluding hydrogens is 252 g/mol. The van der Waals surface area contributed by atoms with E-state index in [9.17, 15) is 0 Å². The molecule has 0 spiro atoms. The average molecular weight is 268 g/mol. The van der Waals surface area contributed by atoms with Crippen LogP contribution in [0.4, 0.5) is 0 Å². The Morgan fingerprint density at radius 2 is 1.05 bits per heavy atom. The molecule has 0 saturated carbocycles. The molecule has 0 unspecified atom stereocenters. The number of oxime groups is 2. The molecule has 0 saturated heterocycles. The molecule has 0 aliphatic heterocycles. The van der Waals surface area contributed by atoms with Gasteiger partial charge in [-0.2, -0.15) is 0 Å². The van der Waals surface area contributed by atoms with Crippen LogP contribution in [0, 0.1) is 0 Å². The first-order valence-corrected chi connectivity index (χ1v) is 6.32. The van der Waals surface area contributed by atoms with Crippen LogP contribution in [0.3, 0.4) is 0 Å². The van der Waals surface area contributed by atoms with E-state index >= 15 is 0 Å². The maximum absolute atomic E-state index is 5.11. The predicted octanol–water partition coefficient (Wildman–Crippen LogP) is 3.39. The van der Waals surface area contributed by atoms with Gasteiger partial charge in [0.2, 0.25) is 0 Å². The van der Waals surface area contributed by atoms with E-state index in [2.05, 4.69) is 10.3 Å². The third kappa shape index (κ3) is 5.35. The van der Waals surface area contributed by atoms with Crippen LogP contribution in [0.1, 0.15) is 11.1 Å². The van der Waals surface area contributed by atoms with Crippen LogP contribution in [0.5, 0.6) is 0 Å². The van der Waals surface area contributed by atoms with E-state index < -0.39 is 0 Å². The van der Waals surface area contributed by atoms with Gasteiger partial charge < -0.3 is 9.68 Å². The number of benzene rings is 2. The van der Waals surface area contributed by atoms with Crippen LogP contribution in [0.25, 0.3) is 0 Å². The van der Waals surface area contributed by atoms with Crippen molar-refractivity contribution >= 4 is 12.4 Å². The standard InChI is InChI=1S/C16H16N2O2/c1-3-7-15(8-4-1)13-19-17-11-12-18-20-14-16-9-5-2-6-10-16/h1-12H,13-14H2. The third-order valence-electron chi connectivity index (χ3n) is 2.49. The lowest BCUT2D eigenvalue weighted by Gasteiger charge is -1.98. The third-order valence-corrected chi connectivity index (χ3v) is 2.49. The summed E-state index contributed by atoms with van der Waals surface area (Å²) in [6, 6.07) is 19.7. The Morgan fingerprint density at radius 1 is 0.650 bits per heavy atom. The molecule has 0 atom stereocenters. The van der Waals surface area contributed by atoms with Crippen LogP contribution in [0.2, 0.25) is 0 Å². The highest BCUT2D eigenvalue weighted by Gasteiger charge is 1.89. The lowest BCUT2D eigenvalue weighted by Crippen LogP contribution is -1.89. The van der Waals surface area contributed by atoms with E-state index in [0.717, 1.165) is 11.1 Å². The van der Waals surface area contributed by atoms with Crippen LogP contribution >= 0.6 is 0 Å². The zero-order chi connectivity index (χ0) is 13.9. The summed E-state index contributed by atoms with van der Waals surface area (Å²) in [6.07, 6.45) is 2.90. The molecule has 102 valence electrons. The van der Waals surface area contributed by atoms with E-state index in [4.69, 9.17) is 9.68 Å². The lowest BCUT2D eigenvalue weighted by molar-refractivity contribution is 0.129. The van der Waals surface area contributed by atoms with Crippen molar-refractivity contribution in [1.82, 2.24) is 0 Å². The minimum atomic E-state index is 0.441. The van der Waals surface area contributed by atoms with Crippen molar-refractivity contribution in [2.45, 2.75) is 13.2 Å². The molecule has 0 aliphatic rings. The molecule has 0 heterocycles. The highest BCUT2D eigenvalue weighted by molar-refractivity contribution is 6.15. The van der Waals surface area contributed by atoms with Gasteiger partial charge in [-0.1, -0.05) is 71.0 Å². The minimum absolute atomic E-state index is 0.441. The van der Waals surface area contributed by atoms with Crippen molar-refractivity contribution in [3.05, 3.63) is 71.8 Å². The zero-order valence-corrected chi connectivity index (χ0v) is 11.1. The maximum Gasteiger partial charge on any atom is 0.142 e. The molecule has 2 aromatic carbocycles. The fraction of sp³-hybridized carbons (Fsp3) is 0.125. The SMILES string of the molecule is C(C=NOCc1ccccc1)=NOCc1ccccc1. The molecule has 4 nitrogen and oxygen atoms in total. The normalized spacial score (nSPS) is 11.0. The van der Waals surface area contributed by atoms with Gasteiger partial charge in [-0.05, 0) is 11.1 Å². The molecule has 0 bridgehead atoms. The van der Waals surface area contributed by atoms with Crippen molar-refractivity contribution in [2.75, 3.05) is 0 Å². The van der Waals surface area contributed by atoms with Crippen molar-refractivity contribution in [3.8, 4) is 0 Å². The summed E-state index contributed by atoms with van der Waals surface area (Å²) in [7, 11) is 0. The number of hydrogen-bond donors (Lipinski definition) is 0. The van der Waals surface area contributed by atoms with Crippen LogP contribution in [-0.4, -0.2) is 12.4 Å². The summed E-state index contributed by atoms with van der Waals surface area (Å²) < 4.78 is 0. The topological polar surface area (TPSA) is 43.2 Å². The Bertz CT molecular complexity index is 487. The second-order valence-corrected chi connectivity index (χ2v) is 4.03. The molecule has 0 N–H and O–H groups in total. The number of nitrogens with zero attached hydrogens (tertiary/aromatic N) is 2. The van der Waals surface area contributed by atoms with Crippen molar-refractivity contribution in [2.24, 2.45) is 10.3 Å². The monoisotopic (exact) mass is 268 g/mol. The Hall–Kier alpha value is -2.62. The largest absolute Gasteiger partial charge is 0.391 e. The second kappa shape index (κ2) is 8.48. The first kappa shape index (κ1) is 13.8. The zero-order valence-electron chi connectivity index (χ0n) is 11.1. The Kier molecular flexibility index (Phi) is 5.85. The summed E-state index contributed by atoms with van der Waals surface area (Å²) in [5.74, 6) is 0. The molecular formula is C16H16N2O2. The summed E-state index contributed by atoms with van der Waals surface area (Å²) in [4.78, 5) is 10.2. The summed E-state index contributed by atoms with van der Waals surface area (Å²) in [5.41, 5.74) is 2.14. The Balaban J connectivity index is 1.60. The van der Waals surface area contributed by atoms with Crippen molar-refractivity contribution in [1.29, 1.82) is 0 Å². The summed E-state index contributed by atoms with van der Waals surface area (Å²) in [5, 5.41) is 7.51. The van der Waals surface area contributed by atoms with Crippen molar-refractivity contribution < 1.29 is 9.68 Å². The van der Waals surface area contributed by atoms with Gasteiger partial charge >= 0.3 is 0 Å². The summed E-state index contributed by atoms with van der Waals surface area (Å²) >= 11 is 0. The minimum Gasteiger partial charge on any atom is -0.391 e. The van der Waals surface area contributed by atoms with E-state index in [1.165, 1.54) is 12.4 Å². The average Bonchev–Trinajstić information content (AvgIpc) is 2.52. The molecule has 0 radical (unpaired) electrons. The van der Waals surface area contributed by atoms with E-state index in [0.29, 0.717) is 13.2 Å². The van der Waals surface area contributed by atoms with Gasteiger partial charge in [0.15, 0.2) is 0 Å². The molecule has 0 aliphatic carbocycles. The number of rotatable bonds is 7. The van der Waals surface area contributed by atoms with Crippen LogP contribution < -0.4 is 0 Å². The van der Waals surface area contributed by atoms with E-state index in [1.54, 1.807) is 0 Å². The van der Waals surface area contributed by atoms with Crippen LogP contribution in [0.15, 0.2) is 71.0 Å². The van der Waals surface area contributed by atoms with Gasteiger partial charge in [-0.25, -0.2) is 0 Å². The smallest absolute Gasteiger partial charge is 0.142 e. The van der Waals surface area contributed by atoms with Gasteiger partial charge in [0.1, 0.15) is 13.2 Å². The van der Waals surface area contributed by atoms with Gasteiger partial charge in [0, 0.05) is 0 Å². The predicted molar refractivity (Wildman–Crippen MR) is 79.4 cm³/mol. The van der Waals surface area contributed by atoms with E-state index in [-0.39, 0.29) is 0 Å². The Labute approximate surface area is 118 Å². The molecule has 0 fully saturated rings. The van der Waals surface area contributed by atoms with Gasteiger partial charge in [-0.3, -0.25) is 0 Å². The quantitative estimate of drug-likeness (QED) is 0.570. The highest BCUT2D eigenvalue weighted by atomic mass is 16.6. The molecule has 2 aromatic rings. The molecule has 0 amide bonds. The highest BCUT2D eigenvalue weighted by Crippen LogP contribution is 2.00. The van der Waals surface area contributed by atoms with Gasteiger partial charge in [0.25, 0.3) is 0 Å². The Morgan fingerprint density at radius 3 is 1.45 bits per heavy atom. The second-order valence-electron chi connectivity index (χ2n) is 4.03.